The Kier molecular flexibility index (Phi) is 5.12. The number of para-hydroxylation sites is 1. The van der Waals surface area contributed by atoms with Crippen LogP contribution in [0.25, 0.3) is 5.69 Å². The van der Waals surface area contributed by atoms with E-state index < -0.39 is 0 Å². The van der Waals surface area contributed by atoms with Gasteiger partial charge in [0.05, 0.1) is 36.4 Å². The van der Waals surface area contributed by atoms with Crippen molar-refractivity contribution in [2.24, 2.45) is 0 Å². The summed E-state index contributed by atoms with van der Waals surface area (Å²) in [4.78, 5) is 14.7. The first-order valence-corrected chi connectivity index (χ1v) is 9.67. The number of rotatable bonds is 3. The van der Waals surface area contributed by atoms with E-state index in [2.05, 4.69) is 24.3 Å². The molecule has 3 aromatic rings. The highest BCUT2D eigenvalue weighted by Gasteiger charge is 2.23. The van der Waals surface area contributed by atoms with E-state index in [-0.39, 0.29) is 17.7 Å². The fraction of sp³-hybridized carbons (Fsp3) is 0.273. The van der Waals surface area contributed by atoms with Gasteiger partial charge in [-0.05, 0) is 30.2 Å². The number of ether oxygens (including phenoxy) is 1. The third-order valence-electron chi connectivity index (χ3n) is 4.91. The van der Waals surface area contributed by atoms with E-state index in [1.807, 2.05) is 35.0 Å². The summed E-state index contributed by atoms with van der Waals surface area (Å²) in [5, 5.41) is 17.2. The van der Waals surface area contributed by atoms with E-state index in [4.69, 9.17) is 4.74 Å². The lowest BCUT2D eigenvalue weighted by Crippen LogP contribution is -2.36. The van der Waals surface area contributed by atoms with Gasteiger partial charge in [-0.1, -0.05) is 32.0 Å². The van der Waals surface area contributed by atoms with E-state index in [0.717, 1.165) is 16.9 Å². The number of amides is 2. The number of phenols is 1. The van der Waals surface area contributed by atoms with Crippen LogP contribution >= 0.6 is 0 Å². The zero-order valence-corrected chi connectivity index (χ0v) is 16.5. The molecule has 4 rings (SSSR count). The van der Waals surface area contributed by atoms with Crippen LogP contribution in [0.3, 0.4) is 0 Å². The van der Waals surface area contributed by atoms with Crippen LogP contribution in [0.4, 0.5) is 10.5 Å². The van der Waals surface area contributed by atoms with Gasteiger partial charge in [-0.2, -0.15) is 5.10 Å². The number of nitrogens with one attached hydrogen (secondary N) is 1. The van der Waals surface area contributed by atoms with Crippen molar-refractivity contribution in [1.29, 1.82) is 0 Å². The fourth-order valence-corrected chi connectivity index (χ4v) is 3.51. The summed E-state index contributed by atoms with van der Waals surface area (Å²) in [5.41, 5.74) is 3.46. The number of anilines is 1. The van der Waals surface area contributed by atoms with Crippen LogP contribution in [0, 0.1) is 0 Å². The molecule has 2 heterocycles. The number of nitrogens with zero attached hydrogens (tertiary/aromatic N) is 3. The summed E-state index contributed by atoms with van der Waals surface area (Å²) in [6, 6.07) is 14.6. The van der Waals surface area contributed by atoms with Crippen molar-refractivity contribution in [3.63, 3.8) is 0 Å². The largest absolute Gasteiger partial charge is 0.508 e. The SMILES string of the molecule is CC(C)c1c(NC(=O)N2CCOc3cc(O)ccc3C2)cnn1-c1ccccc1. The highest BCUT2D eigenvalue weighted by atomic mass is 16.5. The first-order chi connectivity index (χ1) is 14.0. The van der Waals surface area contributed by atoms with Crippen molar-refractivity contribution < 1.29 is 14.6 Å². The minimum absolute atomic E-state index is 0.150. The van der Waals surface area contributed by atoms with E-state index in [9.17, 15) is 9.90 Å². The van der Waals surface area contributed by atoms with Crippen molar-refractivity contribution >= 4 is 11.7 Å². The number of hydrogen-bond donors (Lipinski definition) is 2. The quantitative estimate of drug-likeness (QED) is 0.702. The van der Waals surface area contributed by atoms with Crippen molar-refractivity contribution in [3.8, 4) is 17.2 Å². The average molecular weight is 392 g/mol. The van der Waals surface area contributed by atoms with Crippen LogP contribution in [0.5, 0.6) is 11.5 Å². The Balaban J connectivity index is 1.57. The molecule has 0 saturated heterocycles. The number of aromatic hydroxyl groups is 1. The molecule has 2 aromatic carbocycles. The Labute approximate surface area is 169 Å². The molecule has 1 aliphatic rings. The van der Waals surface area contributed by atoms with Gasteiger partial charge in [0, 0.05) is 11.6 Å². The number of aromatic nitrogens is 2. The monoisotopic (exact) mass is 392 g/mol. The van der Waals surface area contributed by atoms with Gasteiger partial charge in [-0.3, -0.25) is 0 Å². The highest BCUT2D eigenvalue weighted by Crippen LogP contribution is 2.29. The van der Waals surface area contributed by atoms with E-state index in [0.29, 0.717) is 31.1 Å². The number of carbonyl (C=O) groups is 1. The molecule has 0 fully saturated rings. The smallest absolute Gasteiger partial charge is 0.322 e. The molecular formula is C22H24N4O3. The van der Waals surface area contributed by atoms with Gasteiger partial charge in [0.1, 0.15) is 18.1 Å². The molecule has 2 amide bonds. The van der Waals surface area contributed by atoms with Crippen LogP contribution in [0.15, 0.2) is 54.7 Å². The van der Waals surface area contributed by atoms with Gasteiger partial charge >= 0.3 is 6.03 Å². The zero-order valence-electron chi connectivity index (χ0n) is 16.5. The fourth-order valence-electron chi connectivity index (χ4n) is 3.51. The van der Waals surface area contributed by atoms with Crippen molar-refractivity contribution in [2.75, 3.05) is 18.5 Å². The van der Waals surface area contributed by atoms with Crippen LogP contribution in [0.2, 0.25) is 0 Å². The molecule has 150 valence electrons. The lowest BCUT2D eigenvalue weighted by atomic mass is 10.1. The number of urea groups is 1. The Hall–Kier alpha value is -3.48. The topological polar surface area (TPSA) is 79.6 Å². The summed E-state index contributed by atoms with van der Waals surface area (Å²) in [6.07, 6.45) is 1.69. The zero-order chi connectivity index (χ0) is 20.4. The van der Waals surface area contributed by atoms with Crippen molar-refractivity contribution in [1.82, 2.24) is 14.7 Å². The van der Waals surface area contributed by atoms with Gasteiger partial charge in [0.2, 0.25) is 0 Å². The van der Waals surface area contributed by atoms with Crippen LogP contribution in [-0.4, -0.2) is 39.0 Å². The van der Waals surface area contributed by atoms with Gasteiger partial charge in [-0.15, -0.1) is 0 Å². The normalized spacial score (nSPS) is 13.6. The van der Waals surface area contributed by atoms with Crippen molar-refractivity contribution in [3.05, 3.63) is 66.0 Å². The van der Waals surface area contributed by atoms with E-state index in [1.165, 1.54) is 0 Å². The summed E-state index contributed by atoms with van der Waals surface area (Å²) < 4.78 is 7.55. The van der Waals surface area contributed by atoms with Crippen molar-refractivity contribution in [2.45, 2.75) is 26.3 Å². The second-order valence-electron chi connectivity index (χ2n) is 7.34. The predicted molar refractivity (Wildman–Crippen MR) is 111 cm³/mol. The number of fused-ring (bicyclic) bond motifs is 1. The Morgan fingerprint density at radius 2 is 2.00 bits per heavy atom. The average Bonchev–Trinajstić information content (AvgIpc) is 3.01. The minimum atomic E-state index is -0.205. The summed E-state index contributed by atoms with van der Waals surface area (Å²) in [6.45, 7) is 5.38. The number of benzene rings is 2. The third kappa shape index (κ3) is 3.89. The molecule has 0 bridgehead atoms. The van der Waals surface area contributed by atoms with Gasteiger partial charge in [0.25, 0.3) is 0 Å². The summed E-state index contributed by atoms with van der Waals surface area (Å²) in [7, 11) is 0. The molecule has 1 aliphatic heterocycles. The number of carbonyl (C=O) groups excluding carboxylic acids is 1. The molecule has 0 aliphatic carbocycles. The molecule has 0 unspecified atom stereocenters. The molecule has 0 radical (unpaired) electrons. The molecule has 7 nitrogen and oxygen atoms in total. The number of phenolic OH excluding ortho intramolecular Hbond substituents is 1. The summed E-state index contributed by atoms with van der Waals surface area (Å²) >= 11 is 0. The molecule has 0 saturated carbocycles. The van der Waals surface area contributed by atoms with Gasteiger partial charge < -0.3 is 20.1 Å². The van der Waals surface area contributed by atoms with Crippen LogP contribution in [-0.2, 0) is 6.54 Å². The maximum atomic E-state index is 13.0. The van der Waals surface area contributed by atoms with E-state index in [1.54, 1.807) is 29.3 Å². The molecule has 1 aromatic heterocycles. The Morgan fingerprint density at radius 3 is 2.76 bits per heavy atom. The predicted octanol–water partition coefficient (Wildman–Crippen LogP) is 4.13. The lowest BCUT2D eigenvalue weighted by molar-refractivity contribution is 0.200. The third-order valence-corrected chi connectivity index (χ3v) is 4.91. The second kappa shape index (κ2) is 7.87. The molecule has 0 atom stereocenters. The maximum Gasteiger partial charge on any atom is 0.322 e. The number of hydrogen-bond acceptors (Lipinski definition) is 4. The molecule has 29 heavy (non-hydrogen) atoms. The lowest BCUT2D eigenvalue weighted by Gasteiger charge is -2.21. The first-order valence-electron chi connectivity index (χ1n) is 9.67. The van der Waals surface area contributed by atoms with Gasteiger partial charge in [-0.25, -0.2) is 9.48 Å². The molecule has 2 N–H and O–H groups in total. The molecule has 7 heteroatoms. The first kappa shape index (κ1) is 18.9. The van der Waals surface area contributed by atoms with Gasteiger partial charge in [0.15, 0.2) is 0 Å². The minimum Gasteiger partial charge on any atom is -0.508 e. The molecule has 0 spiro atoms. The standard InChI is InChI=1S/C22H24N4O3/c1-15(2)21-19(13-23-26(21)17-6-4-3-5-7-17)24-22(28)25-10-11-29-20-12-18(27)9-8-16(20)14-25/h3-9,12-13,15,27H,10-11,14H2,1-2H3,(H,24,28). The van der Waals surface area contributed by atoms with Crippen LogP contribution in [0.1, 0.15) is 31.0 Å². The second-order valence-corrected chi connectivity index (χ2v) is 7.34. The van der Waals surface area contributed by atoms with E-state index >= 15 is 0 Å². The molecular weight excluding hydrogens is 368 g/mol. The highest BCUT2D eigenvalue weighted by molar-refractivity contribution is 5.90. The Morgan fingerprint density at radius 1 is 1.21 bits per heavy atom. The Bertz CT molecular complexity index is 1010. The maximum absolute atomic E-state index is 13.0. The summed E-state index contributed by atoms with van der Waals surface area (Å²) in [5.74, 6) is 0.931. The van der Waals surface area contributed by atoms with Crippen LogP contribution < -0.4 is 10.1 Å².